The van der Waals surface area contributed by atoms with Crippen LogP contribution in [0.15, 0.2) is 0 Å². The fourth-order valence-electron chi connectivity index (χ4n) is 3.91. The lowest BCUT2D eigenvalue weighted by atomic mass is 10.2. The first-order valence-electron chi connectivity index (χ1n) is 9.33. The molecule has 0 bridgehead atoms. The molecule has 3 heterocycles. The zero-order valence-corrected chi connectivity index (χ0v) is 15.3. The maximum atomic E-state index is 12.6. The van der Waals surface area contributed by atoms with E-state index in [2.05, 4.69) is 16.0 Å². The van der Waals surface area contributed by atoms with Gasteiger partial charge in [-0.25, -0.2) is 0 Å². The molecule has 148 valence electrons. The summed E-state index contributed by atoms with van der Waals surface area (Å²) in [5.74, 6) is -1.98. The first-order chi connectivity index (χ1) is 12.9. The maximum absolute atomic E-state index is 12.6. The van der Waals surface area contributed by atoms with Crippen molar-refractivity contribution in [2.24, 2.45) is 0 Å². The molecular formula is C17H25N5O5. The van der Waals surface area contributed by atoms with Gasteiger partial charge in [0.1, 0.15) is 18.1 Å². The van der Waals surface area contributed by atoms with Gasteiger partial charge in [0.05, 0.1) is 13.1 Å². The van der Waals surface area contributed by atoms with E-state index in [9.17, 15) is 24.0 Å². The quantitative estimate of drug-likeness (QED) is 0.437. The van der Waals surface area contributed by atoms with Crippen molar-refractivity contribution in [3.63, 3.8) is 0 Å². The second-order valence-electron chi connectivity index (χ2n) is 7.16. The molecule has 5 amide bonds. The van der Waals surface area contributed by atoms with Crippen LogP contribution in [0.1, 0.15) is 32.6 Å². The maximum Gasteiger partial charge on any atom is 0.245 e. The van der Waals surface area contributed by atoms with Crippen LogP contribution in [-0.2, 0) is 24.0 Å². The zero-order chi connectivity index (χ0) is 19.6. The van der Waals surface area contributed by atoms with E-state index in [0.29, 0.717) is 38.8 Å². The standard InChI is InChI=1S/C17H25N5O5/c1-10-17(27)22-7-3-5-12(22)16(26)19-9-14(24)21-6-2-4-11(21)15(25)18-8-13(23)20-10/h10-12H,2-9H2,1H3,(H,18,25)(H,19,26)(H,20,23)/t10-,11+,12+/m1/s1. The largest absolute Gasteiger partial charge is 0.345 e. The molecule has 0 radical (unpaired) electrons. The van der Waals surface area contributed by atoms with Crippen LogP contribution in [0.3, 0.4) is 0 Å². The van der Waals surface area contributed by atoms with Crippen molar-refractivity contribution in [3.8, 4) is 0 Å². The summed E-state index contributed by atoms with van der Waals surface area (Å²) in [4.78, 5) is 64.9. The fraction of sp³-hybridized carbons (Fsp3) is 0.706. The third kappa shape index (κ3) is 4.04. The first-order valence-corrected chi connectivity index (χ1v) is 9.33. The van der Waals surface area contributed by atoms with Crippen LogP contribution in [0, 0.1) is 0 Å². The Morgan fingerprint density at radius 2 is 1.37 bits per heavy atom. The van der Waals surface area contributed by atoms with E-state index >= 15 is 0 Å². The lowest BCUT2D eigenvalue weighted by Gasteiger charge is -2.27. The van der Waals surface area contributed by atoms with E-state index in [1.54, 1.807) is 6.92 Å². The molecule has 3 aliphatic rings. The minimum atomic E-state index is -0.808. The first kappa shape index (κ1) is 19.1. The minimum absolute atomic E-state index is 0.214. The van der Waals surface area contributed by atoms with Crippen LogP contribution < -0.4 is 16.0 Å². The molecule has 3 aliphatic heterocycles. The molecule has 10 heteroatoms. The van der Waals surface area contributed by atoms with Gasteiger partial charge in [-0.15, -0.1) is 0 Å². The van der Waals surface area contributed by atoms with Gasteiger partial charge in [0.15, 0.2) is 0 Å². The smallest absolute Gasteiger partial charge is 0.245 e. The van der Waals surface area contributed by atoms with E-state index in [4.69, 9.17) is 0 Å². The Kier molecular flexibility index (Phi) is 5.62. The number of hydrogen-bond donors (Lipinski definition) is 3. The molecule has 0 aromatic rings. The molecule has 0 unspecified atom stereocenters. The zero-order valence-electron chi connectivity index (χ0n) is 15.3. The summed E-state index contributed by atoms with van der Waals surface area (Å²) in [7, 11) is 0. The predicted octanol–water partition coefficient (Wildman–Crippen LogP) is -2.28. The molecule has 10 nitrogen and oxygen atoms in total. The molecule has 27 heavy (non-hydrogen) atoms. The van der Waals surface area contributed by atoms with Gasteiger partial charge in [-0.1, -0.05) is 0 Å². The molecule has 0 saturated carbocycles. The monoisotopic (exact) mass is 379 g/mol. The summed E-state index contributed by atoms with van der Waals surface area (Å²) in [6.07, 6.45) is 2.39. The van der Waals surface area contributed by atoms with Crippen LogP contribution in [-0.4, -0.2) is 83.6 Å². The second-order valence-corrected chi connectivity index (χ2v) is 7.16. The third-order valence-corrected chi connectivity index (χ3v) is 5.30. The van der Waals surface area contributed by atoms with Crippen LogP contribution in [0.5, 0.6) is 0 Å². The van der Waals surface area contributed by atoms with Crippen molar-refractivity contribution in [1.29, 1.82) is 0 Å². The molecule has 3 N–H and O–H groups in total. The van der Waals surface area contributed by atoms with Crippen LogP contribution in [0.2, 0.25) is 0 Å². The van der Waals surface area contributed by atoms with Crippen molar-refractivity contribution in [2.45, 2.75) is 50.7 Å². The van der Waals surface area contributed by atoms with E-state index in [-0.39, 0.29) is 30.8 Å². The fourth-order valence-corrected chi connectivity index (χ4v) is 3.91. The highest BCUT2D eigenvalue weighted by atomic mass is 16.2. The van der Waals surface area contributed by atoms with Gasteiger partial charge in [-0.05, 0) is 32.6 Å². The molecule has 3 rings (SSSR count). The highest BCUT2D eigenvalue weighted by Crippen LogP contribution is 2.20. The minimum Gasteiger partial charge on any atom is -0.345 e. The number of carbonyl (C=O) groups is 5. The average molecular weight is 379 g/mol. The van der Waals surface area contributed by atoms with Crippen molar-refractivity contribution < 1.29 is 24.0 Å². The number of fused-ring (bicyclic) bond motifs is 2. The normalized spacial score (nSPS) is 30.7. The van der Waals surface area contributed by atoms with Gasteiger partial charge in [-0.2, -0.15) is 0 Å². The number of amides is 5. The summed E-state index contributed by atoms with van der Waals surface area (Å²) in [5, 5.41) is 7.69. The van der Waals surface area contributed by atoms with Crippen molar-refractivity contribution in [3.05, 3.63) is 0 Å². The van der Waals surface area contributed by atoms with Crippen molar-refractivity contribution in [2.75, 3.05) is 26.2 Å². The second kappa shape index (κ2) is 7.93. The van der Waals surface area contributed by atoms with Gasteiger partial charge in [-0.3, -0.25) is 24.0 Å². The van der Waals surface area contributed by atoms with E-state index in [1.807, 2.05) is 0 Å². The molecule has 3 saturated heterocycles. The Morgan fingerprint density at radius 3 is 2.04 bits per heavy atom. The van der Waals surface area contributed by atoms with Crippen molar-refractivity contribution in [1.82, 2.24) is 25.8 Å². The number of nitrogens with zero attached hydrogens (tertiary/aromatic N) is 2. The molecule has 0 aliphatic carbocycles. The highest BCUT2D eigenvalue weighted by Gasteiger charge is 2.38. The summed E-state index contributed by atoms with van der Waals surface area (Å²) in [5.41, 5.74) is 0. The lowest BCUT2D eigenvalue weighted by Crippen LogP contribution is -2.53. The summed E-state index contributed by atoms with van der Waals surface area (Å²) >= 11 is 0. The summed E-state index contributed by atoms with van der Waals surface area (Å²) in [6, 6.07) is -2.10. The van der Waals surface area contributed by atoms with Crippen LogP contribution >= 0.6 is 0 Å². The topological polar surface area (TPSA) is 128 Å². The van der Waals surface area contributed by atoms with Gasteiger partial charge in [0, 0.05) is 13.1 Å². The molecule has 0 aromatic heterocycles. The molecule has 3 fully saturated rings. The highest BCUT2D eigenvalue weighted by molar-refractivity contribution is 5.96. The molecular weight excluding hydrogens is 354 g/mol. The van der Waals surface area contributed by atoms with Gasteiger partial charge >= 0.3 is 0 Å². The Bertz CT molecular complexity index is 666. The van der Waals surface area contributed by atoms with Gasteiger partial charge in [0.25, 0.3) is 0 Å². The van der Waals surface area contributed by atoms with E-state index in [1.165, 1.54) is 9.80 Å². The Labute approximate surface area is 157 Å². The Hall–Kier alpha value is -2.65. The average Bonchev–Trinajstić information content (AvgIpc) is 3.31. The number of hydrogen-bond acceptors (Lipinski definition) is 5. The van der Waals surface area contributed by atoms with Crippen molar-refractivity contribution >= 4 is 29.5 Å². The van der Waals surface area contributed by atoms with Gasteiger partial charge < -0.3 is 25.8 Å². The Morgan fingerprint density at radius 1 is 0.815 bits per heavy atom. The predicted molar refractivity (Wildman–Crippen MR) is 93.1 cm³/mol. The summed E-state index contributed by atoms with van der Waals surface area (Å²) in [6.45, 7) is 1.93. The van der Waals surface area contributed by atoms with E-state index in [0.717, 1.165) is 0 Å². The molecule has 3 atom stereocenters. The molecule has 0 spiro atoms. The number of rotatable bonds is 0. The van der Waals surface area contributed by atoms with Gasteiger partial charge in [0.2, 0.25) is 29.5 Å². The number of carbonyl (C=O) groups excluding carboxylic acids is 5. The Balaban J connectivity index is 1.80. The summed E-state index contributed by atoms with van der Waals surface area (Å²) < 4.78 is 0. The van der Waals surface area contributed by atoms with Crippen LogP contribution in [0.4, 0.5) is 0 Å². The SMILES string of the molecule is C[C@H]1NC(=O)CNC(=O)[C@@H]2CCCN2C(=O)CNC(=O)[C@@H]2CCCN2C1=O. The molecule has 0 aromatic carbocycles. The lowest BCUT2D eigenvalue weighted by molar-refractivity contribution is -0.141. The number of nitrogens with one attached hydrogen (secondary N) is 3. The van der Waals surface area contributed by atoms with Crippen LogP contribution in [0.25, 0.3) is 0 Å². The third-order valence-electron chi connectivity index (χ3n) is 5.30. The van der Waals surface area contributed by atoms with E-state index < -0.39 is 29.9 Å².